The Bertz CT molecular complexity index is 646. The van der Waals surface area contributed by atoms with E-state index in [1.165, 1.54) is 6.42 Å². The van der Waals surface area contributed by atoms with Crippen LogP contribution in [-0.4, -0.2) is 18.2 Å². The Balaban J connectivity index is 1.93. The molecule has 0 aromatic heterocycles. The number of nitriles is 1. The van der Waals surface area contributed by atoms with E-state index in [9.17, 15) is 4.79 Å². The number of para-hydroxylation sites is 1. The number of rotatable bonds is 5. The maximum Gasteiger partial charge on any atom is 0.277 e. The first-order valence-electron chi connectivity index (χ1n) is 8.48. The van der Waals surface area contributed by atoms with E-state index in [1.54, 1.807) is 24.3 Å². The van der Waals surface area contributed by atoms with Crippen LogP contribution in [0.4, 0.5) is 0 Å². The first kappa shape index (κ1) is 18.0. The molecule has 0 radical (unpaired) electrons. The van der Waals surface area contributed by atoms with Crippen LogP contribution in [0.15, 0.2) is 29.4 Å². The van der Waals surface area contributed by atoms with Crippen molar-refractivity contribution in [3.8, 4) is 11.8 Å². The SMILES string of the molecule is CC(C)[C@@H]1CC[C@@H](C)C/C1=N/NC(=O)COc1ccccc1C#N. The second-order valence-corrected chi connectivity index (χ2v) is 6.77. The van der Waals surface area contributed by atoms with Gasteiger partial charge in [-0.2, -0.15) is 10.4 Å². The molecule has 1 N–H and O–H groups in total. The quantitative estimate of drug-likeness (QED) is 0.841. The molecular formula is C19H25N3O2. The standard InChI is InChI=1S/C19H25N3O2/c1-13(2)16-9-8-14(3)10-17(16)21-22-19(23)12-24-18-7-5-4-6-15(18)11-20/h4-7,13-14,16H,8-10,12H2,1-3H3,(H,22,23)/b21-17-/t14-,16+/m1/s1. The maximum absolute atomic E-state index is 12.0. The van der Waals surface area contributed by atoms with E-state index in [0.29, 0.717) is 29.1 Å². The molecule has 0 unspecified atom stereocenters. The zero-order valence-electron chi connectivity index (χ0n) is 14.6. The normalized spacial score (nSPS) is 22.2. The van der Waals surface area contributed by atoms with Crippen molar-refractivity contribution in [3.05, 3.63) is 29.8 Å². The van der Waals surface area contributed by atoms with E-state index < -0.39 is 0 Å². The summed E-state index contributed by atoms with van der Waals surface area (Å²) in [7, 11) is 0. The highest BCUT2D eigenvalue weighted by atomic mass is 16.5. The Morgan fingerprint density at radius 1 is 1.42 bits per heavy atom. The van der Waals surface area contributed by atoms with E-state index in [4.69, 9.17) is 10.00 Å². The van der Waals surface area contributed by atoms with Gasteiger partial charge in [0, 0.05) is 11.6 Å². The van der Waals surface area contributed by atoms with Gasteiger partial charge in [0.15, 0.2) is 6.61 Å². The number of carbonyl (C=O) groups excluding carboxylic acids is 1. The molecular weight excluding hydrogens is 302 g/mol. The molecule has 24 heavy (non-hydrogen) atoms. The minimum absolute atomic E-state index is 0.155. The van der Waals surface area contributed by atoms with Crippen molar-refractivity contribution in [2.45, 2.75) is 40.0 Å². The number of nitrogens with zero attached hydrogens (tertiary/aromatic N) is 2. The van der Waals surface area contributed by atoms with Crippen molar-refractivity contribution >= 4 is 11.6 Å². The van der Waals surface area contributed by atoms with Crippen LogP contribution >= 0.6 is 0 Å². The van der Waals surface area contributed by atoms with E-state index in [-0.39, 0.29) is 12.5 Å². The molecule has 0 bridgehead atoms. The monoisotopic (exact) mass is 327 g/mol. The van der Waals surface area contributed by atoms with E-state index in [0.717, 1.165) is 18.6 Å². The predicted octanol–water partition coefficient (Wildman–Crippen LogP) is 3.50. The average Bonchev–Trinajstić information content (AvgIpc) is 2.58. The molecule has 1 saturated carbocycles. The molecule has 0 spiro atoms. The number of hydrogen-bond donors (Lipinski definition) is 1. The van der Waals surface area contributed by atoms with Gasteiger partial charge in [0.05, 0.1) is 5.56 Å². The molecule has 1 amide bonds. The van der Waals surface area contributed by atoms with Crippen molar-refractivity contribution in [2.75, 3.05) is 6.61 Å². The fraction of sp³-hybridized carbons (Fsp3) is 0.526. The molecule has 0 heterocycles. The largest absolute Gasteiger partial charge is 0.482 e. The number of hydrazone groups is 1. The molecule has 1 aliphatic carbocycles. The molecule has 1 aromatic rings. The summed E-state index contributed by atoms with van der Waals surface area (Å²) < 4.78 is 5.42. The van der Waals surface area contributed by atoms with E-state index in [1.807, 2.05) is 6.07 Å². The van der Waals surface area contributed by atoms with Gasteiger partial charge in [-0.25, -0.2) is 5.43 Å². The Hall–Kier alpha value is -2.35. The lowest BCUT2D eigenvalue weighted by Crippen LogP contribution is -2.32. The molecule has 1 fully saturated rings. The van der Waals surface area contributed by atoms with Crippen molar-refractivity contribution in [1.29, 1.82) is 5.26 Å². The van der Waals surface area contributed by atoms with Gasteiger partial charge in [-0.3, -0.25) is 4.79 Å². The van der Waals surface area contributed by atoms with Crippen LogP contribution in [0, 0.1) is 29.1 Å². The topological polar surface area (TPSA) is 74.5 Å². The van der Waals surface area contributed by atoms with Crippen LogP contribution in [0.5, 0.6) is 5.75 Å². The molecule has 5 nitrogen and oxygen atoms in total. The molecule has 2 atom stereocenters. The first-order valence-corrected chi connectivity index (χ1v) is 8.48. The fourth-order valence-electron chi connectivity index (χ4n) is 3.08. The van der Waals surface area contributed by atoms with Gasteiger partial charge in [-0.1, -0.05) is 32.9 Å². The summed E-state index contributed by atoms with van der Waals surface area (Å²) in [5, 5.41) is 13.4. The number of nitrogens with one attached hydrogen (secondary N) is 1. The van der Waals surface area contributed by atoms with Crippen LogP contribution in [-0.2, 0) is 4.79 Å². The number of carbonyl (C=O) groups is 1. The number of amides is 1. The average molecular weight is 327 g/mol. The zero-order chi connectivity index (χ0) is 17.5. The van der Waals surface area contributed by atoms with Crippen molar-refractivity contribution in [3.63, 3.8) is 0 Å². The van der Waals surface area contributed by atoms with Gasteiger partial charge in [0.25, 0.3) is 5.91 Å². The summed E-state index contributed by atoms with van der Waals surface area (Å²) in [4.78, 5) is 12.0. The maximum atomic E-state index is 12.0. The third-order valence-electron chi connectivity index (χ3n) is 4.45. The van der Waals surface area contributed by atoms with Crippen molar-refractivity contribution < 1.29 is 9.53 Å². The van der Waals surface area contributed by atoms with Gasteiger partial charge in [0.1, 0.15) is 11.8 Å². The van der Waals surface area contributed by atoms with Crippen LogP contribution in [0.1, 0.15) is 45.6 Å². The lowest BCUT2D eigenvalue weighted by molar-refractivity contribution is -0.123. The van der Waals surface area contributed by atoms with Crippen LogP contribution in [0.3, 0.4) is 0 Å². The zero-order valence-corrected chi connectivity index (χ0v) is 14.6. The number of ether oxygens (including phenoxy) is 1. The highest BCUT2D eigenvalue weighted by Crippen LogP contribution is 2.31. The molecule has 128 valence electrons. The van der Waals surface area contributed by atoms with Crippen LogP contribution in [0.25, 0.3) is 0 Å². The number of benzene rings is 1. The van der Waals surface area contributed by atoms with Gasteiger partial charge >= 0.3 is 0 Å². The summed E-state index contributed by atoms with van der Waals surface area (Å²) in [6.45, 7) is 6.45. The predicted molar refractivity (Wildman–Crippen MR) is 93.6 cm³/mol. The lowest BCUT2D eigenvalue weighted by Gasteiger charge is -2.30. The summed E-state index contributed by atoms with van der Waals surface area (Å²) >= 11 is 0. The third kappa shape index (κ3) is 4.82. The second-order valence-electron chi connectivity index (χ2n) is 6.77. The molecule has 2 rings (SSSR count). The lowest BCUT2D eigenvalue weighted by atomic mass is 9.76. The molecule has 1 aromatic carbocycles. The highest BCUT2D eigenvalue weighted by Gasteiger charge is 2.27. The molecule has 0 saturated heterocycles. The van der Waals surface area contributed by atoms with Gasteiger partial charge in [-0.15, -0.1) is 0 Å². The third-order valence-corrected chi connectivity index (χ3v) is 4.45. The smallest absolute Gasteiger partial charge is 0.277 e. The van der Waals surface area contributed by atoms with Crippen LogP contribution in [0.2, 0.25) is 0 Å². The molecule has 0 aliphatic heterocycles. The van der Waals surface area contributed by atoms with Crippen molar-refractivity contribution in [2.24, 2.45) is 22.9 Å². The van der Waals surface area contributed by atoms with E-state index >= 15 is 0 Å². The minimum Gasteiger partial charge on any atom is -0.482 e. The Kier molecular flexibility index (Phi) is 6.36. The molecule has 1 aliphatic rings. The first-order chi connectivity index (χ1) is 11.5. The fourth-order valence-corrected chi connectivity index (χ4v) is 3.08. The Morgan fingerprint density at radius 2 is 2.17 bits per heavy atom. The summed E-state index contributed by atoms with van der Waals surface area (Å²) in [6.07, 6.45) is 3.27. The van der Waals surface area contributed by atoms with Gasteiger partial charge in [-0.05, 0) is 43.2 Å². The highest BCUT2D eigenvalue weighted by molar-refractivity contribution is 5.89. The van der Waals surface area contributed by atoms with Crippen molar-refractivity contribution in [1.82, 2.24) is 5.43 Å². The van der Waals surface area contributed by atoms with E-state index in [2.05, 4.69) is 31.3 Å². The Morgan fingerprint density at radius 3 is 2.88 bits per heavy atom. The summed E-state index contributed by atoms with van der Waals surface area (Å²) in [5.74, 6) is 1.66. The molecule has 5 heteroatoms. The van der Waals surface area contributed by atoms with Gasteiger partial charge in [0.2, 0.25) is 0 Å². The Labute approximate surface area is 143 Å². The minimum atomic E-state index is -0.309. The number of hydrogen-bond acceptors (Lipinski definition) is 4. The summed E-state index contributed by atoms with van der Waals surface area (Å²) in [6, 6.07) is 8.90. The van der Waals surface area contributed by atoms with Gasteiger partial charge < -0.3 is 4.74 Å². The van der Waals surface area contributed by atoms with Crippen LogP contribution < -0.4 is 10.2 Å². The second kappa shape index (κ2) is 8.49. The summed E-state index contributed by atoms with van der Waals surface area (Å²) in [5.41, 5.74) is 4.10.